The molecular formula is C24H23Br2N5O3. The molecule has 0 spiro atoms. The highest BCUT2D eigenvalue weighted by molar-refractivity contribution is 9.13. The van der Waals surface area contributed by atoms with Gasteiger partial charge < -0.3 is 9.47 Å². The third-order valence-electron chi connectivity index (χ3n) is 4.65. The molecular weight excluding hydrogens is 566 g/mol. The van der Waals surface area contributed by atoms with Gasteiger partial charge in [0.15, 0.2) is 11.5 Å². The summed E-state index contributed by atoms with van der Waals surface area (Å²) in [6.45, 7) is 5.06. The van der Waals surface area contributed by atoms with Gasteiger partial charge in [-0.15, -0.1) is 0 Å². The molecule has 10 heteroatoms. The molecule has 1 aromatic heterocycles. The van der Waals surface area contributed by atoms with E-state index in [-0.39, 0.29) is 17.2 Å². The van der Waals surface area contributed by atoms with E-state index in [1.165, 1.54) is 0 Å². The van der Waals surface area contributed by atoms with Gasteiger partial charge in [0.25, 0.3) is 5.56 Å². The highest BCUT2D eigenvalue weighted by Crippen LogP contribution is 2.42. The van der Waals surface area contributed by atoms with E-state index in [9.17, 15) is 10.1 Å². The molecule has 176 valence electrons. The summed E-state index contributed by atoms with van der Waals surface area (Å²) in [5.41, 5.74) is 3.77. The minimum Gasteiger partial charge on any atom is -0.490 e. The van der Waals surface area contributed by atoms with Crippen LogP contribution in [0, 0.1) is 11.3 Å². The number of H-pyrrole nitrogens is 1. The molecule has 0 radical (unpaired) electrons. The molecule has 3 rings (SSSR count). The zero-order valence-corrected chi connectivity index (χ0v) is 21.9. The second kappa shape index (κ2) is 12.3. The van der Waals surface area contributed by atoms with Gasteiger partial charge in [0.1, 0.15) is 11.6 Å². The van der Waals surface area contributed by atoms with Crippen LogP contribution in [0.2, 0.25) is 0 Å². The first-order chi connectivity index (χ1) is 16.5. The Morgan fingerprint density at radius 2 is 1.97 bits per heavy atom. The van der Waals surface area contributed by atoms with Crippen molar-refractivity contribution < 1.29 is 9.47 Å². The lowest BCUT2D eigenvalue weighted by Gasteiger charge is -2.16. The summed E-state index contributed by atoms with van der Waals surface area (Å²) in [5.74, 6) is 1.32. The van der Waals surface area contributed by atoms with Crippen molar-refractivity contribution in [1.29, 1.82) is 5.26 Å². The highest BCUT2D eigenvalue weighted by Gasteiger charge is 2.17. The Morgan fingerprint density at radius 3 is 2.65 bits per heavy atom. The second-order valence-electron chi connectivity index (χ2n) is 7.04. The van der Waals surface area contributed by atoms with Gasteiger partial charge in [0.2, 0.25) is 5.95 Å². The van der Waals surface area contributed by atoms with Crippen LogP contribution in [0.1, 0.15) is 37.8 Å². The van der Waals surface area contributed by atoms with E-state index in [1.54, 1.807) is 18.3 Å². The van der Waals surface area contributed by atoms with Crippen molar-refractivity contribution in [2.75, 3.05) is 18.6 Å². The van der Waals surface area contributed by atoms with Crippen LogP contribution >= 0.6 is 31.9 Å². The van der Waals surface area contributed by atoms with Crippen LogP contribution < -0.4 is 20.5 Å². The number of hydrazone groups is 1. The molecule has 0 saturated carbocycles. The molecule has 0 unspecified atom stereocenters. The van der Waals surface area contributed by atoms with Gasteiger partial charge >= 0.3 is 0 Å². The summed E-state index contributed by atoms with van der Waals surface area (Å²) in [6.07, 6.45) is 3.52. The number of nitriles is 1. The number of aromatic nitrogens is 2. The first-order valence-corrected chi connectivity index (χ1v) is 12.2. The Balaban J connectivity index is 1.90. The van der Waals surface area contributed by atoms with Gasteiger partial charge in [0, 0.05) is 15.6 Å². The quantitative estimate of drug-likeness (QED) is 0.174. The van der Waals surface area contributed by atoms with Crippen LogP contribution in [0.25, 0.3) is 11.3 Å². The molecule has 2 aromatic carbocycles. The molecule has 0 saturated heterocycles. The lowest BCUT2D eigenvalue weighted by atomic mass is 10.1. The van der Waals surface area contributed by atoms with E-state index in [2.05, 4.69) is 59.3 Å². The number of hydrogen-bond acceptors (Lipinski definition) is 7. The van der Waals surface area contributed by atoms with Gasteiger partial charge in [-0.2, -0.15) is 10.4 Å². The number of halogens is 2. The van der Waals surface area contributed by atoms with Gasteiger partial charge in [-0.3, -0.25) is 9.78 Å². The summed E-state index contributed by atoms with van der Waals surface area (Å²) >= 11 is 7.15. The number of hydrogen-bond donors (Lipinski definition) is 2. The summed E-state index contributed by atoms with van der Waals surface area (Å²) in [4.78, 5) is 19.3. The molecule has 0 atom stereocenters. The van der Waals surface area contributed by atoms with E-state index in [0.717, 1.165) is 17.3 Å². The molecule has 3 aromatic rings. The molecule has 34 heavy (non-hydrogen) atoms. The number of rotatable bonds is 10. The van der Waals surface area contributed by atoms with Gasteiger partial charge in [0.05, 0.1) is 29.6 Å². The van der Waals surface area contributed by atoms with Crippen molar-refractivity contribution in [3.63, 3.8) is 0 Å². The molecule has 0 aliphatic carbocycles. The van der Waals surface area contributed by atoms with E-state index in [0.29, 0.717) is 40.3 Å². The molecule has 0 aliphatic heterocycles. The zero-order valence-electron chi connectivity index (χ0n) is 18.7. The molecule has 0 bridgehead atoms. The number of unbranched alkanes of at least 4 members (excludes halogenated alkanes) is 1. The van der Waals surface area contributed by atoms with Crippen LogP contribution in [0.3, 0.4) is 0 Å². The third kappa shape index (κ3) is 6.04. The van der Waals surface area contributed by atoms with Crippen LogP contribution in [-0.4, -0.2) is 29.4 Å². The maximum absolute atomic E-state index is 12.4. The molecule has 8 nitrogen and oxygen atoms in total. The number of benzene rings is 2. The Morgan fingerprint density at radius 1 is 1.21 bits per heavy atom. The van der Waals surface area contributed by atoms with E-state index in [4.69, 9.17) is 9.47 Å². The van der Waals surface area contributed by atoms with E-state index in [1.807, 2.05) is 37.3 Å². The zero-order chi connectivity index (χ0) is 24.5. The Bertz CT molecular complexity index is 1270. The standard InChI is InChI=1S/C24H23Br2N5O3/c1-3-5-11-34-22-18(33-4-2)12-16(19(25)20(22)26)14-28-31-24-29-21(15-9-7-6-8-10-15)17(13-27)23(32)30-24/h6-10,12,14H,3-5,11H2,1-2H3,(H2,29,30,31,32). The topological polar surface area (TPSA) is 112 Å². The second-order valence-corrected chi connectivity index (χ2v) is 8.63. The summed E-state index contributed by atoms with van der Waals surface area (Å²) in [5, 5.41) is 13.6. The molecule has 0 amide bonds. The molecule has 1 heterocycles. The summed E-state index contributed by atoms with van der Waals surface area (Å²) in [6, 6.07) is 12.8. The smallest absolute Gasteiger partial charge is 0.270 e. The van der Waals surface area contributed by atoms with Gasteiger partial charge in [-0.1, -0.05) is 43.7 Å². The predicted molar refractivity (Wildman–Crippen MR) is 140 cm³/mol. The molecule has 2 N–H and O–H groups in total. The molecule has 0 fully saturated rings. The summed E-state index contributed by atoms with van der Waals surface area (Å²) < 4.78 is 13.1. The summed E-state index contributed by atoms with van der Waals surface area (Å²) in [7, 11) is 0. The average molecular weight is 589 g/mol. The van der Waals surface area contributed by atoms with Crippen LogP contribution in [-0.2, 0) is 0 Å². The number of nitrogens with zero attached hydrogens (tertiary/aromatic N) is 3. The lowest BCUT2D eigenvalue weighted by molar-refractivity contribution is 0.271. The lowest BCUT2D eigenvalue weighted by Crippen LogP contribution is -2.16. The fourth-order valence-electron chi connectivity index (χ4n) is 3.01. The maximum atomic E-state index is 12.4. The number of anilines is 1. The number of ether oxygens (including phenoxy) is 2. The van der Waals surface area contributed by atoms with Crippen molar-refractivity contribution in [3.05, 3.63) is 66.8 Å². The number of nitrogens with one attached hydrogen (secondary N) is 2. The van der Waals surface area contributed by atoms with Crippen LogP contribution in [0.4, 0.5) is 5.95 Å². The van der Waals surface area contributed by atoms with Crippen LogP contribution in [0.15, 0.2) is 55.2 Å². The van der Waals surface area contributed by atoms with Crippen molar-refractivity contribution in [1.82, 2.24) is 9.97 Å². The fourth-order valence-corrected chi connectivity index (χ4v) is 3.95. The fraction of sp³-hybridized carbons (Fsp3) is 0.250. The average Bonchev–Trinajstić information content (AvgIpc) is 2.84. The monoisotopic (exact) mass is 587 g/mol. The van der Waals surface area contributed by atoms with E-state index < -0.39 is 5.56 Å². The first kappa shape index (κ1) is 25.5. The Kier molecular flexibility index (Phi) is 9.24. The minimum atomic E-state index is -0.551. The van der Waals surface area contributed by atoms with Crippen molar-refractivity contribution >= 4 is 44.0 Å². The third-order valence-corrected chi connectivity index (χ3v) is 6.80. The Labute approximate surface area is 214 Å². The Hall–Kier alpha value is -3.16. The predicted octanol–water partition coefficient (Wildman–Crippen LogP) is 5.86. The largest absolute Gasteiger partial charge is 0.490 e. The SMILES string of the molecule is CCCCOc1c(OCC)cc(C=NNc2nc(-c3ccccc3)c(C#N)c(=O)[nH]2)c(Br)c1Br. The highest BCUT2D eigenvalue weighted by atomic mass is 79.9. The number of aromatic amines is 1. The van der Waals surface area contributed by atoms with Gasteiger partial charge in [-0.25, -0.2) is 10.4 Å². The molecule has 0 aliphatic rings. The minimum absolute atomic E-state index is 0.0626. The first-order valence-electron chi connectivity index (χ1n) is 10.7. The van der Waals surface area contributed by atoms with Crippen molar-refractivity contribution in [2.24, 2.45) is 5.10 Å². The normalized spacial score (nSPS) is 10.8. The van der Waals surface area contributed by atoms with E-state index >= 15 is 0 Å². The van der Waals surface area contributed by atoms with Crippen LogP contribution in [0.5, 0.6) is 11.5 Å². The van der Waals surface area contributed by atoms with Crippen molar-refractivity contribution in [2.45, 2.75) is 26.7 Å². The maximum Gasteiger partial charge on any atom is 0.270 e. The van der Waals surface area contributed by atoms with Crippen molar-refractivity contribution in [3.8, 4) is 28.8 Å². The van der Waals surface area contributed by atoms with Gasteiger partial charge in [-0.05, 0) is 51.3 Å².